The van der Waals surface area contributed by atoms with E-state index in [1.165, 1.54) is 19.4 Å². The number of nitrogens with one attached hydrogen (secondary N) is 1. The average Bonchev–Trinajstić information content (AvgIpc) is 2.46. The summed E-state index contributed by atoms with van der Waals surface area (Å²) >= 11 is 3.52. The molecule has 110 valence electrons. The number of pyridine rings is 1. The molecule has 0 aliphatic heterocycles. The molecule has 0 amide bonds. The molecular formula is C15H16BrN3O2. The number of ether oxygens (including phenoxy) is 1. The van der Waals surface area contributed by atoms with Crippen LogP contribution in [0.5, 0.6) is 0 Å². The molecule has 3 N–H and O–H groups in total. The lowest BCUT2D eigenvalue weighted by Crippen LogP contribution is -2.09. The molecule has 0 fully saturated rings. The highest BCUT2D eigenvalue weighted by Gasteiger charge is 2.14. The largest absolute Gasteiger partial charge is 0.465 e. The van der Waals surface area contributed by atoms with Gasteiger partial charge in [-0.1, -0.05) is 15.9 Å². The predicted molar refractivity (Wildman–Crippen MR) is 86.9 cm³/mol. The Kier molecular flexibility index (Phi) is 4.47. The minimum absolute atomic E-state index is 0.266. The molecule has 0 radical (unpaired) electrons. The van der Waals surface area contributed by atoms with E-state index in [0.717, 1.165) is 21.3 Å². The molecule has 0 saturated carbocycles. The Morgan fingerprint density at radius 3 is 2.52 bits per heavy atom. The summed E-state index contributed by atoms with van der Waals surface area (Å²) in [6.07, 6.45) is 1.52. The molecule has 0 aliphatic carbocycles. The van der Waals surface area contributed by atoms with Crippen LogP contribution >= 0.6 is 15.9 Å². The third-order valence-electron chi connectivity index (χ3n) is 3.09. The molecule has 5 nitrogen and oxygen atoms in total. The summed E-state index contributed by atoms with van der Waals surface area (Å²) < 4.78 is 5.76. The molecule has 0 spiro atoms. The van der Waals surface area contributed by atoms with E-state index in [1.54, 1.807) is 0 Å². The number of esters is 1. The van der Waals surface area contributed by atoms with Crippen molar-refractivity contribution in [3.8, 4) is 0 Å². The van der Waals surface area contributed by atoms with Crippen molar-refractivity contribution in [2.24, 2.45) is 0 Å². The Labute approximate surface area is 131 Å². The number of aromatic nitrogens is 1. The molecule has 6 heteroatoms. The lowest BCUT2D eigenvalue weighted by molar-refractivity contribution is 0.0602. The van der Waals surface area contributed by atoms with Gasteiger partial charge in [0, 0.05) is 16.4 Å². The van der Waals surface area contributed by atoms with Crippen LogP contribution < -0.4 is 11.1 Å². The van der Waals surface area contributed by atoms with Crippen LogP contribution in [0.2, 0.25) is 0 Å². The molecular weight excluding hydrogens is 334 g/mol. The Bertz CT molecular complexity index is 678. The van der Waals surface area contributed by atoms with E-state index in [-0.39, 0.29) is 5.69 Å². The summed E-state index contributed by atoms with van der Waals surface area (Å²) in [4.78, 5) is 15.8. The quantitative estimate of drug-likeness (QED) is 0.828. The first-order valence-corrected chi connectivity index (χ1v) is 7.10. The fraction of sp³-hybridized carbons (Fsp3) is 0.200. The highest BCUT2D eigenvalue weighted by Crippen LogP contribution is 2.29. The zero-order chi connectivity index (χ0) is 15.6. The van der Waals surface area contributed by atoms with E-state index in [2.05, 4.69) is 26.2 Å². The van der Waals surface area contributed by atoms with Crippen molar-refractivity contribution in [2.75, 3.05) is 18.2 Å². The first-order chi connectivity index (χ1) is 9.93. The van der Waals surface area contributed by atoms with Gasteiger partial charge in [-0.05, 0) is 43.2 Å². The number of benzene rings is 1. The second kappa shape index (κ2) is 6.13. The summed E-state index contributed by atoms with van der Waals surface area (Å²) in [5, 5.41) is 3.14. The molecule has 1 heterocycles. The smallest absolute Gasteiger partial charge is 0.340 e. The van der Waals surface area contributed by atoms with E-state index in [4.69, 9.17) is 10.5 Å². The van der Waals surface area contributed by atoms with Crippen LogP contribution in [-0.2, 0) is 4.74 Å². The van der Waals surface area contributed by atoms with Gasteiger partial charge in [0.1, 0.15) is 0 Å². The highest BCUT2D eigenvalue weighted by atomic mass is 79.9. The number of carbonyl (C=O) groups is 1. The van der Waals surface area contributed by atoms with Crippen LogP contribution in [0.15, 0.2) is 28.9 Å². The van der Waals surface area contributed by atoms with E-state index in [0.29, 0.717) is 11.4 Å². The average molecular weight is 350 g/mol. The normalized spacial score (nSPS) is 10.3. The maximum absolute atomic E-state index is 11.6. The van der Waals surface area contributed by atoms with Crippen molar-refractivity contribution in [1.29, 1.82) is 0 Å². The number of carbonyl (C=O) groups excluding carboxylic acids is 1. The van der Waals surface area contributed by atoms with Gasteiger partial charge in [0.25, 0.3) is 0 Å². The molecule has 21 heavy (non-hydrogen) atoms. The minimum atomic E-state index is -0.485. The van der Waals surface area contributed by atoms with Gasteiger partial charge in [0.05, 0.1) is 18.4 Å². The topological polar surface area (TPSA) is 77.2 Å². The third-order valence-corrected chi connectivity index (χ3v) is 4.35. The first kappa shape index (κ1) is 15.3. The van der Waals surface area contributed by atoms with E-state index in [1.807, 2.05) is 26.0 Å². The maximum Gasteiger partial charge on any atom is 0.340 e. The molecule has 0 bridgehead atoms. The number of rotatable bonds is 3. The van der Waals surface area contributed by atoms with E-state index < -0.39 is 5.97 Å². The number of hydrogen-bond acceptors (Lipinski definition) is 5. The molecule has 0 unspecified atom stereocenters. The van der Waals surface area contributed by atoms with E-state index >= 15 is 0 Å². The van der Waals surface area contributed by atoms with E-state index in [9.17, 15) is 4.79 Å². The first-order valence-electron chi connectivity index (χ1n) is 6.30. The zero-order valence-corrected chi connectivity index (χ0v) is 13.6. The predicted octanol–water partition coefficient (Wildman–Crippen LogP) is 3.57. The number of methoxy groups -OCH3 is 1. The van der Waals surface area contributed by atoms with Crippen LogP contribution in [0, 0.1) is 13.8 Å². The second-order valence-electron chi connectivity index (χ2n) is 4.66. The molecule has 0 saturated heterocycles. The van der Waals surface area contributed by atoms with Crippen LogP contribution in [0.25, 0.3) is 0 Å². The summed E-state index contributed by atoms with van der Waals surface area (Å²) in [5.74, 6) is -0.0554. The van der Waals surface area contributed by atoms with Gasteiger partial charge in [-0.3, -0.25) is 0 Å². The number of anilines is 3. The Balaban J connectivity index is 2.38. The third kappa shape index (κ3) is 3.16. The van der Waals surface area contributed by atoms with Gasteiger partial charge in [-0.2, -0.15) is 0 Å². The standard InChI is InChI=1S/C15H16BrN3O2/c1-8-6-10(7-9(2)12(8)16)19-14-13(17)11(4-5-18-14)15(20)21-3/h4-7H,17H2,1-3H3,(H,18,19). The summed E-state index contributed by atoms with van der Waals surface area (Å²) in [7, 11) is 1.32. The van der Waals surface area contributed by atoms with Gasteiger partial charge in [0.2, 0.25) is 0 Å². The summed E-state index contributed by atoms with van der Waals surface area (Å²) in [6.45, 7) is 4.01. The molecule has 1 aromatic carbocycles. The van der Waals surface area contributed by atoms with Crippen molar-refractivity contribution in [3.05, 3.63) is 45.6 Å². The molecule has 2 rings (SSSR count). The monoisotopic (exact) mass is 349 g/mol. The maximum atomic E-state index is 11.6. The van der Waals surface area contributed by atoms with Crippen LogP contribution in [0.4, 0.5) is 17.2 Å². The number of halogens is 1. The van der Waals surface area contributed by atoms with Crippen molar-refractivity contribution in [3.63, 3.8) is 0 Å². The Hall–Kier alpha value is -2.08. The molecule has 0 atom stereocenters. The Morgan fingerprint density at radius 2 is 1.95 bits per heavy atom. The van der Waals surface area contributed by atoms with Gasteiger partial charge in [-0.15, -0.1) is 0 Å². The number of nitrogens with zero attached hydrogens (tertiary/aromatic N) is 1. The van der Waals surface area contributed by atoms with Crippen molar-refractivity contribution >= 4 is 39.1 Å². The van der Waals surface area contributed by atoms with Crippen molar-refractivity contribution < 1.29 is 9.53 Å². The molecule has 0 aliphatic rings. The van der Waals surface area contributed by atoms with Crippen LogP contribution in [-0.4, -0.2) is 18.1 Å². The summed E-state index contributed by atoms with van der Waals surface area (Å²) in [5.41, 5.74) is 9.59. The SMILES string of the molecule is COC(=O)c1ccnc(Nc2cc(C)c(Br)c(C)c2)c1N. The zero-order valence-electron chi connectivity index (χ0n) is 12.0. The fourth-order valence-electron chi connectivity index (χ4n) is 2.02. The highest BCUT2D eigenvalue weighted by molar-refractivity contribution is 9.10. The number of nitrogens with two attached hydrogens (primary N) is 1. The number of hydrogen-bond donors (Lipinski definition) is 2. The van der Waals surface area contributed by atoms with Gasteiger partial charge in [0.15, 0.2) is 5.82 Å². The minimum Gasteiger partial charge on any atom is -0.465 e. The van der Waals surface area contributed by atoms with Crippen LogP contribution in [0.3, 0.4) is 0 Å². The van der Waals surface area contributed by atoms with Crippen molar-refractivity contribution in [1.82, 2.24) is 4.98 Å². The Morgan fingerprint density at radius 1 is 1.33 bits per heavy atom. The lowest BCUT2D eigenvalue weighted by atomic mass is 10.1. The van der Waals surface area contributed by atoms with Gasteiger partial charge < -0.3 is 15.8 Å². The summed E-state index contributed by atoms with van der Waals surface area (Å²) in [6, 6.07) is 5.48. The molecule has 2 aromatic rings. The van der Waals surface area contributed by atoms with Crippen molar-refractivity contribution in [2.45, 2.75) is 13.8 Å². The fourth-order valence-corrected chi connectivity index (χ4v) is 2.24. The van der Waals surface area contributed by atoms with Crippen LogP contribution in [0.1, 0.15) is 21.5 Å². The molecule has 1 aromatic heterocycles. The number of nitrogen functional groups attached to an aromatic ring is 1. The van der Waals surface area contributed by atoms with Gasteiger partial charge in [-0.25, -0.2) is 9.78 Å². The second-order valence-corrected chi connectivity index (χ2v) is 5.45. The number of aryl methyl sites for hydroxylation is 2. The van der Waals surface area contributed by atoms with Gasteiger partial charge >= 0.3 is 5.97 Å². The lowest BCUT2D eigenvalue weighted by Gasteiger charge is -2.13.